The van der Waals surface area contributed by atoms with Gasteiger partial charge in [-0.1, -0.05) is 6.92 Å². The van der Waals surface area contributed by atoms with Crippen molar-refractivity contribution in [3.05, 3.63) is 0 Å². The number of likely N-dealkylation sites (tertiary alicyclic amines) is 1. The molecule has 4 heteroatoms. The van der Waals surface area contributed by atoms with E-state index >= 15 is 0 Å². The maximum atomic E-state index is 12.0. The first-order valence-electron chi connectivity index (χ1n) is 5.27. The predicted molar refractivity (Wildman–Crippen MR) is 55.8 cm³/mol. The molecule has 15 heavy (non-hydrogen) atoms. The SMILES string of the molecule is CC1CCN(C(=O)C(C)(C)C#N)C1CO. The van der Waals surface area contributed by atoms with Gasteiger partial charge < -0.3 is 10.0 Å². The third kappa shape index (κ3) is 2.13. The highest BCUT2D eigenvalue weighted by Crippen LogP contribution is 2.28. The van der Waals surface area contributed by atoms with Gasteiger partial charge in [0, 0.05) is 6.54 Å². The molecule has 0 aliphatic carbocycles. The molecule has 1 amide bonds. The Morgan fingerprint density at radius 1 is 1.67 bits per heavy atom. The Morgan fingerprint density at radius 3 is 2.73 bits per heavy atom. The quantitative estimate of drug-likeness (QED) is 0.732. The summed E-state index contributed by atoms with van der Waals surface area (Å²) in [7, 11) is 0. The molecule has 0 aromatic rings. The minimum atomic E-state index is -0.989. The van der Waals surface area contributed by atoms with E-state index in [0.29, 0.717) is 12.5 Å². The fourth-order valence-corrected chi connectivity index (χ4v) is 1.95. The minimum Gasteiger partial charge on any atom is -0.394 e. The van der Waals surface area contributed by atoms with Crippen molar-refractivity contribution in [2.75, 3.05) is 13.2 Å². The number of carbonyl (C=O) groups excluding carboxylic acids is 1. The summed E-state index contributed by atoms with van der Waals surface area (Å²) >= 11 is 0. The topological polar surface area (TPSA) is 64.3 Å². The summed E-state index contributed by atoms with van der Waals surface area (Å²) in [6, 6.07) is 1.88. The molecule has 1 rings (SSSR count). The van der Waals surface area contributed by atoms with Crippen LogP contribution in [-0.4, -0.2) is 35.1 Å². The third-order valence-electron chi connectivity index (χ3n) is 3.14. The molecule has 0 radical (unpaired) electrons. The smallest absolute Gasteiger partial charge is 0.242 e. The van der Waals surface area contributed by atoms with E-state index in [2.05, 4.69) is 0 Å². The number of hydrogen-bond acceptors (Lipinski definition) is 3. The molecule has 1 aliphatic heterocycles. The number of aliphatic hydroxyl groups excluding tert-OH is 1. The molecule has 2 unspecified atom stereocenters. The van der Waals surface area contributed by atoms with Gasteiger partial charge in [-0.15, -0.1) is 0 Å². The second kappa shape index (κ2) is 4.19. The van der Waals surface area contributed by atoms with Gasteiger partial charge in [0.15, 0.2) is 0 Å². The molecule has 1 saturated heterocycles. The highest BCUT2D eigenvalue weighted by molar-refractivity contribution is 5.85. The number of nitriles is 1. The Kier molecular flexibility index (Phi) is 3.35. The fraction of sp³-hybridized carbons (Fsp3) is 0.818. The highest BCUT2D eigenvalue weighted by Gasteiger charge is 2.40. The maximum Gasteiger partial charge on any atom is 0.242 e. The Labute approximate surface area is 90.5 Å². The molecule has 4 nitrogen and oxygen atoms in total. The van der Waals surface area contributed by atoms with Crippen LogP contribution in [0.5, 0.6) is 0 Å². The number of amides is 1. The standard InChI is InChI=1S/C11H18N2O2/c1-8-4-5-13(9(8)6-14)10(15)11(2,3)7-12/h8-9,14H,4-6H2,1-3H3. The molecule has 0 aromatic carbocycles. The number of rotatable bonds is 2. The lowest BCUT2D eigenvalue weighted by atomic mass is 9.93. The van der Waals surface area contributed by atoms with Gasteiger partial charge in [0.25, 0.3) is 0 Å². The van der Waals surface area contributed by atoms with Gasteiger partial charge in [-0.3, -0.25) is 4.79 Å². The van der Waals surface area contributed by atoms with Crippen LogP contribution in [0.25, 0.3) is 0 Å². The third-order valence-corrected chi connectivity index (χ3v) is 3.14. The van der Waals surface area contributed by atoms with Crippen LogP contribution in [0.4, 0.5) is 0 Å². The largest absolute Gasteiger partial charge is 0.394 e. The van der Waals surface area contributed by atoms with Crippen LogP contribution in [0.1, 0.15) is 27.2 Å². The zero-order chi connectivity index (χ0) is 11.6. The van der Waals surface area contributed by atoms with Gasteiger partial charge in [0.1, 0.15) is 5.41 Å². The van der Waals surface area contributed by atoms with Crippen molar-refractivity contribution in [3.8, 4) is 6.07 Å². The van der Waals surface area contributed by atoms with Crippen molar-refractivity contribution in [1.29, 1.82) is 5.26 Å². The van der Waals surface area contributed by atoms with E-state index in [1.165, 1.54) is 0 Å². The Morgan fingerprint density at radius 2 is 2.27 bits per heavy atom. The molecule has 0 saturated carbocycles. The fourth-order valence-electron chi connectivity index (χ4n) is 1.95. The van der Waals surface area contributed by atoms with Crippen molar-refractivity contribution in [2.45, 2.75) is 33.2 Å². The number of aliphatic hydroxyl groups is 1. The first-order chi connectivity index (χ1) is 6.94. The van der Waals surface area contributed by atoms with Gasteiger partial charge >= 0.3 is 0 Å². The van der Waals surface area contributed by atoms with Crippen molar-refractivity contribution in [3.63, 3.8) is 0 Å². The van der Waals surface area contributed by atoms with Gasteiger partial charge in [0.05, 0.1) is 18.7 Å². The van der Waals surface area contributed by atoms with Gasteiger partial charge in [0.2, 0.25) is 5.91 Å². The van der Waals surface area contributed by atoms with E-state index in [-0.39, 0.29) is 18.6 Å². The zero-order valence-electron chi connectivity index (χ0n) is 9.53. The molecule has 1 N–H and O–H groups in total. The number of hydrogen-bond donors (Lipinski definition) is 1. The highest BCUT2D eigenvalue weighted by atomic mass is 16.3. The Bertz CT molecular complexity index is 293. The molecule has 1 heterocycles. The van der Waals surface area contributed by atoms with Crippen molar-refractivity contribution in [2.24, 2.45) is 11.3 Å². The molecule has 0 spiro atoms. The van der Waals surface area contributed by atoms with Crippen LogP contribution in [0, 0.1) is 22.7 Å². The predicted octanol–water partition coefficient (Wildman–Crippen LogP) is 0.765. The number of nitrogens with zero attached hydrogens (tertiary/aromatic N) is 2. The lowest BCUT2D eigenvalue weighted by Crippen LogP contribution is -2.45. The van der Waals surface area contributed by atoms with E-state index in [1.54, 1.807) is 18.7 Å². The minimum absolute atomic E-state index is 0.0194. The van der Waals surface area contributed by atoms with E-state index in [1.807, 2.05) is 13.0 Å². The van der Waals surface area contributed by atoms with Gasteiger partial charge in [-0.05, 0) is 26.2 Å². The molecular formula is C11H18N2O2. The molecule has 1 fully saturated rings. The molecule has 84 valence electrons. The molecular weight excluding hydrogens is 192 g/mol. The van der Waals surface area contributed by atoms with Crippen molar-refractivity contribution in [1.82, 2.24) is 4.90 Å². The van der Waals surface area contributed by atoms with Crippen LogP contribution < -0.4 is 0 Å². The maximum absolute atomic E-state index is 12.0. The summed E-state index contributed by atoms with van der Waals surface area (Å²) < 4.78 is 0. The Balaban J connectivity index is 2.82. The first kappa shape index (κ1) is 12.0. The zero-order valence-corrected chi connectivity index (χ0v) is 9.53. The summed E-state index contributed by atoms with van der Waals surface area (Å²) in [5.74, 6) is 0.141. The molecule has 1 aliphatic rings. The first-order valence-corrected chi connectivity index (χ1v) is 5.27. The lowest BCUT2D eigenvalue weighted by molar-refractivity contribution is -0.139. The van der Waals surface area contributed by atoms with Crippen LogP contribution in [0.3, 0.4) is 0 Å². The van der Waals surface area contributed by atoms with E-state index in [0.717, 1.165) is 6.42 Å². The summed E-state index contributed by atoms with van der Waals surface area (Å²) in [6.07, 6.45) is 0.901. The normalized spacial score (nSPS) is 26.5. The van der Waals surface area contributed by atoms with Crippen molar-refractivity contribution < 1.29 is 9.90 Å². The second-order valence-electron chi connectivity index (χ2n) is 4.75. The van der Waals surface area contributed by atoms with Gasteiger partial charge in [-0.2, -0.15) is 5.26 Å². The van der Waals surface area contributed by atoms with Crippen LogP contribution in [0.2, 0.25) is 0 Å². The average Bonchev–Trinajstić information content (AvgIpc) is 2.58. The summed E-state index contributed by atoms with van der Waals surface area (Å²) in [5, 5.41) is 18.1. The summed E-state index contributed by atoms with van der Waals surface area (Å²) in [4.78, 5) is 13.7. The second-order valence-corrected chi connectivity index (χ2v) is 4.75. The summed E-state index contributed by atoms with van der Waals surface area (Å²) in [5.41, 5.74) is -0.989. The molecule has 0 bridgehead atoms. The van der Waals surface area contributed by atoms with E-state index < -0.39 is 5.41 Å². The monoisotopic (exact) mass is 210 g/mol. The van der Waals surface area contributed by atoms with E-state index in [9.17, 15) is 9.90 Å². The summed E-state index contributed by atoms with van der Waals surface area (Å²) in [6.45, 7) is 5.89. The van der Waals surface area contributed by atoms with Crippen LogP contribution in [-0.2, 0) is 4.79 Å². The lowest BCUT2D eigenvalue weighted by Gasteiger charge is -2.29. The molecule has 0 aromatic heterocycles. The molecule has 2 atom stereocenters. The van der Waals surface area contributed by atoms with Crippen LogP contribution >= 0.6 is 0 Å². The van der Waals surface area contributed by atoms with Crippen LogP contribution in [0.15, 0.2) is 0 Å². The number of carbonyl (C=O) groups is 1. The average molecular weight is 210 g/mol. The van der Waals surface area contributed by atoms with E-state index in [4.69, 9.17) is 5.26 Å². The van der Waals surface area contributed by atoms with Crippen molar-refractivity contribution >= 4 is 5.91 Å². The van der Waals surface area contributed by atoms with Gasteiger partial charge in [-0.25, -0.2) is 0 Å². The Hall–Kier alpha value is -1.08.